The molecule has 2 unspecified atom stereocenters. The Bertz CT molecular complexity index is 884. The monoisotopic (exact) mass is 372 g/mol. The molecule has 0 fully saturated rings. The number of para-hydroxylation sites is 2. The van der Waals surface area contributed by atoms with E-state index in [9.17, 15) is 19.7 Å². The van der Waals surface area contributed by atoms with E-state index in [0.29, 0.717) is 11.5 Å². The molecule has 0 saturated heterocycles. The van der Waals surface area contributed by atoms with Gasteiger partial charge < -0.3 is 19.5 Å². The molecule has 0 saturated carbocycles. The molecule has 2 aromatic carbocycles. The number of fused-ring (bicyclic) bond motifs is 1. The van der Waals surface area contributed by atoms with Gasteiger partial charge in [0.15, 0.2) is 17.6 Å². The van der Waals surface area contributed by atoms with Gasteiger partial charge in [-0.25, -0.2) is 4.79 Å². The molecule has 1 aliphatic heterocycles. The van der Waals surface area contributed by atoms with Gasteiger partial charge in [-0.2, -0.15) is 0 Å². The highest BCUT2D eigenvalue weighted by Gasteiger charge is 2.31. The lowest BCUT2D eigenvalue weighted by Crippen LogP contribution is -2.41. The van der Waals surface area contributed by atoms with Crippen LogP contribution in [-0.4, -0.2) is 35.6 Å². The summed E-state index contributed by atoms with van der Waals surface area (Å²) in [5.41, 5.74) is 0.0622. The molecule has 0 radical (unpaired) electrons. The lowest BCUT2D eigenvalue weighted by atomic mass is 10.2. The number of anilines is 1. The second-order valence-corrected chi connectivity index (χ2v) is 5.74. The van der Waals surface area contributed by atoms with Crippen molar-refractivity contribution < 1.29 is 28.7 Å². The lowest BCUT2D eigenvalue weighted by Gasteiger charge is -2.25. The number of nitro benzene ring substituents is 1. The fourth-order valence-electron chi connectivity index (χ4n) is 2.38. The molecule has 2 atom stereocenters. The van der Waals surface area contributed by atoms with E-state index < -0.39 is 29.0 Å². The maximum Gasteiger partial charge on any atom is 0.351 e. The molecular formula is C18H16N2O7. The third-order valence-electron chi connectivity index (χ3n) is 3.76. The smallest absolute Gasteiger partial charge is 0.351 e. The van der Waals surface area contributed by atoms with Gasteiger partial charge >= 0.3 is 5.97 Å². The van der Waals surface area contributed by atoms with E-state index in [1.165, 1.54) is 31.2 Å². The van der Waals surface area contributed by atoms with Crippen LogP contribution in [0.25, 0.3) is 0 Å². The van der Waals surface area contributed by atoms with E-state index in [1.807, 2.05) is 0 Å². The zero-order chi connectivity index (χ0) is 19.4. The predicted molar refractivity (Wildman–Crippen MR) is 93.6 cm³/mol. The van der Waals surface area contributed by atoms with Gasteiger partial charge in [-0.1, -0.05) is 18.2 Å². The molecule has 1 aliphatic rings. The van der Waals surface area contributed by atoms with Crippen LogP contribution in [-0.2, 0) is 14.3 Å². The van der Waals surface area contributed by atoms with E-state index in [1.54, 1.807) is 24.3 Å². The molecule has 3 rings (SSSR count). The van der Waals surface area contributed by atoms with Gasteiger partial charge in [0.2, 0.25) is 6.10 Å². The van der Waals surface area contributed by atoms with Gasteiger partial charge in [0, 0.05) is 17.8 Å². The summed E-state index contributed by atoms with van der Waals surface area (Å²) in [5, 5.41) is 13.2. The third-order valence-corrected chi connectivity index (χ3v) is 3.76. The van der Waals surface area contributed by atoms with Crippen molar-refractivity contribution in [1.82, 2.24) is 0 Å². The molecule has 9 nitrogen and oxygen atoms in total. The number of nitrogens with one attached hydrogen (secondary N) is 1. The Balaban J connectivity index is 1.57. The van der Waals surface area contributed by atoms with E-state index in [4.69, 9.17) is 14.2 Å². The first-order valence-electron chi connectivity index (χ1n) is 8.08. The summed E-state index contributed by atoms with van der Waals surface area (Å²) >= 11 is 0. The molecule has 0 bridgehead atoms. The summed E-state index contributed by atoms with van der Waals surface area (Å²) in [6.45, 7) is 1.36. The van der Waals surface area contributed by atoms with Gasteiger partial charge in [-0.3, -0.25) is 14.9 Å². The molecule has 1 amide bonds. The highest BCUT2D eigenvalue weighted by molar-refractivity contribution is 5.95. The Morgan fingerprint density at radius 2 is 1.96 bits per heavy atom. The van der Waals surface area contributed by atoms with Crippen LogP contribution in [0.1, 0.15) is 6.92 Å². The molecule has 0 spiro atoms. The van der Waals surface area contributed by atoms with Crippen molar-refractivity contribution >= 4 is 23.3 Å². The summed E-state index contributed by atoms with van der Waals surface area (Å²) < 4.78 is 16.1. The number of carbonyl (C=O) groups is 2. The molecule has 1 heterocycles. The van der Waals surface area contributed by atoms with Crippen LogP contribution in [0.2, 0.25) is 0 Å². The number of benzene rings is 2. The Morgan fingerprint density at radius 3 is 2.70 bits per heavy atom. The van der Waals surface area contributed by atoms with Gasteiger partial charge in [-0.05, 0) is 25.1 Å². The largest absolute Gasteiger partial charge is 0.485 e. The number of nitrogens with zero attached hydrogens (tertiary/aromatic N) is 1. The van der Waals surface area contributed by atoms with E-state index in [2.05, 4.69) is 5.32 Å². The van der Waals surface area contributed by atoms with Crippen molar-refractivity contribution in [2.45, 2.75) is 19.1 Å². The average molecular weight is 372 g/mol. The average Bonchev–Trinajstić information content (AvgIpc) is 2.67. The number of nitro groups is 1. The van der Waals surface area contributed by atoms with Crippen LogP contribution in [0.4, 0.5) is 11.4 Å². The Morgan fingerprint density at radius 1 is 1.22 bits per heavy atom. The van der Waals surface area contributed by atoms with Crippen LogP contribution >= 0.6 is 0 Å². The number of ether oxygens (including phenoxy) is 3. The summed E-state index contributed by atoms with van der Waals surface area (Å²) in [5.74, 6) is -0.426. The molecule has 140 valence electrons. The SMILES string of the molecule is CC(OC(=O)C1COc2ccccc2O1)C(=O)Nc1cccc([N+](=O)[O-])c1. The normalized spacial score (nSPS) is 16.1. The molecule has 27 heavy (non-hydrogen) atoms. The van der Waals surface area contributed by atoms with E-state index in [-0.39, 0.29) is 18.0 Å². The van der Waals surface area contributed by atoms with Gasteiger partial charge in [0.25, 0.3) is 11.6 Å². The highest BCUT2D eigenvalue weighted by Crippen LogP contribution is 2.31. The van der Waals surface area contributed by atoms with Crippen LogP contribution < -0.4 is 14.8 Å². The van der Waals surface area contributed by atoms with Gasteiger partial charge in [-0.15, -0.1) is 0 Å². The summed E-state index contributed by atoms with van der Waals surface area (Å²) in [4.78, 5) is 34.6. The summed E-state index contributed by atoms with van der Waals surface area (Å²) in [7, 11) is 0. The van der Waals surface area contributed by atoms with E-state index in [0.717, 1.165) is 0 Å². The second kappa shape index (κ2) is 7.73. The van der Waals surface area contributed by atoms with Crippen molar-refractivity contribution in [2.75, 3.05) is 11.9 Å². The maximum atomic E-state index is 12.2. The minimum atomic E-state index is -1.13. The van der Waals surface area contributed by atoms with Crippen molar-refractivity contribution in [3.8, 4) is 11.5 Å². The molecule has 9 heteroatoms. The Labute approximate surface area is 154 Å². The minimum absolute atomic E-state index is 0.0327. The summed E-state index contributed by atoms with van der Waals surface area (Å²) in [6.07, 6.45) is -2.12. The first-order chi connectivity index (χ1) is 12.9. The first kappa shape index (κ1) is 18.2. The van der Waals surface area contributed by atoms with Crippen LogP contribution in [0, 0.1) is 10.1 Å². The zero-order valence-electron chi connectivity index (χ0n) is 14.3. The van der Waals surface area contributed by atoms with Gasteiger partial charge in [0.05, 0.1) is 4.92 Å². The number of non-ortho nitro benzene ring substituents is 1. The van der Waals surface area contributed by atoms with Gasteiger partial charge in [0.1, 0.15) is 6.61 Å². The van der Waals surface area contributed by atoms with Crippen molar-refractivity contribution in [3.05, 3.63) is 58.6 Å². The minimum Gasteiger partial charge on any atom is -0.485 e. The number of esters is 1. The molecule has 2 aromatic rings. The Hall–Kier alpha value is -3.62. The number of hydrogen-bond acceptors (Lipinski definition) is 7. The van der Waals surface area contributed by atoms with Crippen molar-refractivity contribution in [3.63, 3.8) is 0 Å². The number of amides is 1. The second-order valence-electron chi connectivity index (χ2n) is 5.74. The topological polar surface area (TPSA) is 117 Å². The molecule has 0 aromatic heterocycles. The standard InChI is InChI=1S/C18H16N2O7/c1-11(17(21)19-12-5-4-6-13(9-12)20(23)24)26-18(22)16-10-25-14-7-2-3-8-15(14)27-16/h2-9,11,16H,10H2,1H3,(H,19,21). The predicted octanol–water partition coefficient (Wildman–Crippen LogP) is 2.30. The van der Waals surface area contributed by atoms with E-state index >= 15 is 0 Å². The quantitative estimate of drug-likeness (QED) is 0.486. The fourth-order valence-corrected chi connectivity index (χ4v) is 2.38. The number of rotatable bonds is 5. The highest BCUT2D eigenvalue weighted by atomic mass is 16.6. The maximum absolute atomic E-state index is 12.2. The van der Waals surface area contributed by atoms with Crippen LogP contribution in [0.15, 0.2) is 48.5 Å². The van der Waals surface area contributed by atoms with Crippen molar-refractivity contribution in [1.29, 1.82) is 0 Å². The molecule has 0 aliphatic carbocycles. The first-order valence-corrected chi connectivity index (χ1v) is 8.08. The number of hydrogen-bond donors (Lipinski definition) is 1. The lowest BCUT2D eigenvalue weighted by molar-refractivity contribution is -0.384. The molecule has 1 N–H and O–H groups in total. The number of carbonyl (C=O) groups excluding carboxylic acids is 2. The van der Waals surface area contributed by atoms with Crippen LogP contribution in [0.3, 0.4) is 0 Å². The Kier molecular flexibility index (Phi) is 5.20. The van der Waals surface area contributed by atoms with Crippen LogP contribution in [0.5, 0.6) is 11.5 Å². The zero-order valence-corrected chi connectivity index (χ0v) is 14.3. The third kappa shape index (κ3) is 4.32. The molecular weight excluding hydrogens is 356 g/mol. The van der Waals surface area contributed by atoms with Crippen molar-refractivity contribution in [2.24, 2.45) is 0 Å². The fraction of sp³-hybridized carbons (Fsp3) is 0.222. The summed E-state index contributed by atoms with van der Waals surface area (Å²) in [6, 6.07) is 12.3.